The summed E-state index contributed by atoms with van der Waals surface area (Å²) in [6.07, 6.45) is 2.04. The summed E-state index contributed by atoms with van der Waals surface area (Å²) < 4.78 is 0. The molecule has 3 nitrogen and oxygen atoms in total. The van der Waals surface area contributed by atoms with Gasteiger partial charge in [-0.15, -0.1) is 12.4 Å². The number of rotatable bonds is 3. The highest BCUT2D eigenvalue weighted by Crippen LogP contribution is 2.26. The zero-order valence-electron chi connectivity index (χ0n) is 12.5. The third-order valence-electron chi connectivity index (χ3n) is 4.07. The highest BCUT2D eigenvalue weighted by molar-refractivity contribution is 5.85. The Kier molecular flexibility index (Phi) is 6.03. The lowest BCUT2D eigenvalue weighted by Gasteiger charge is -2.33. The average molecular weight is 297 g/mol. The molecule has 20 heavy (non-hydrogen) atoms. The summed E-state index contributed by atoms with van der Waals surface area (Å²) in [6, 6.07) is 8.40. The lowest BCUT2D eigenvalue weighted by molar-refractivity contribution is -0.131. The van der Waals surface area contributed by atoms with Crippen molar-refractivity contribution in [2.45, 2.75) is 39.7 Å². The first-order chi connectivity index (χ1) is 9.01. The van der Waals surface area contributed by atoms with Crippen molar-refractivity contribution in [1.82, 2.24) is 10.6 Å². The lowest BCUT2D eigenvalue weighted by Crippen LogP contribution is -2.49. The number of carbonyl (C=O) groups is 1. The van der Waals surface area contributed by atoms with E-state index in [1.165, 1.54) is 5.56 Å². The zero-order chi connectivity index (χ0) is 13.9. The smallest absolute Gasteiger partial charge is 0.227 e. The SMILES string of the molecule is Cc1ccc(C(C)NC(=O)C2(C)CCCNC2)cc1.Cl. The van der Waals surface area contributed by atoms with Gasteiger partial charge < -0.3 is 10.6 Å². The normalized spacial score (nSPS) is 23.6. The van der Waals surface area contributed by atoms with Crippen LogP contribution in [0.2, 0.25) is 0 Å². The Labute approximate surface area is 127 Å². The number of piperidine rings is 1. The van der Waals surface area contributed by atoms with Gasteiger partial charge in [-0.3, -0.25) is 4.79 Å². The minimum absolute atomic E-state index is 0. The molecule has 1 heterocycles. The van der Waals surface area contributed by atoms with Gasteiger partial charge in [0.15, 0.2) is 0 Å². The van der Waals surface area contributed by atoms with Crippen molar-refractivity contribution in [3.63, 3.8) is 0 Å². The van der Waals surface area contributed by atoms with E-state index in [1.54, 1.807) is 0 Å². The predicted molar refractivity (Wildman–Crippen MR) is 85.2 cm³/mol. The molecule has 112 valence electrons. The molecule has 1 aromatic rings. The molecule has 0 saturated carbocycles. The third-order valence-corrected chi connectivity index (χ3v) is 4.07. The fraction of sp³-hybridized carbons (Fsp3) is 0.562. The Morgan fingerprint density at radius 1 is 1.35 bits per heavy atom. The second-order valence-electron chi connectivity index (χ2n) is 5.95. The number of hydrogen-bond acceptors (Lipinski definition) is 2. The summed E-state index contributed by atoms with van der Waals surface area (Å²) >= 11 is 0. The Morgan fingerprint density at radius 2 is 2.00 bits per heavy atom. The first-order valence-electron chi connectivity index (χ1n) is 7.09. The van der Waals surface area contributed by atoms with Crippen molar-refractivity contribution >= 4 is 18.3 Å². The molecule has 4 heteroatoms. The van der Waals surface area contributed by atoms with Gasteiger partial charge in [-0.2, -0.15) is 0 Å². The number of nitrogens with one attached hydrogen (secondary N) is 2. The molecule has 1 saturated heterocycles. The van der Waals surface area contributed by atoms with Crippen LogP contribution < -0.4 is 10.6 Å². The number of carbonyl (C=O) groups excluding carboxylic acids is 1. The second kappa shape index (κ2) is 7.09. The van der Waals surface area contributed by atoms with Crippen LogP contribution in [-0.2, 0) is 4.79 Å². The molecule has 2 N–H and O–H groups in total. The van der Waals surface area contributed by atoms with E-state index in [0.29, 0.717) is 0 Å². The maximum atomic E-state index is 12.4. The minimum atomic E-state index is -0.267. The minimum Gasteiger partial charge on any atom is -0.349 e. The van der Waals surface area contributed by atoms with E-state index in [2.05, 4.69) is 48.7 Å². The van der Waals surface area contributed by atoms with E-state index in [-0.39, 0.29) is 29.8 Å². The molecule has 1 fully saturated rings. The fourth-order valence-electron chi connectivity index (χ4n) is 2.56. The van der Waals surface area contributed by atoms with Gasteiger partial charge in [0.2, 0.25) is 5.91 Å². The Morgan fingerprint density at radius 3 is 2.55 bits per heavy atom. The first-order valence-corrected chi connectivity index (χ1v) is 7.09. The summed E-state index contributed by atoms with van der Waals surface area (Å²) in [5.41, 5.74) is 2.13. The quantitative estimate of drug-likeness (QED) is 0.900. The van der Waals surface area contributed by atoms with Crippen LogP contribution >= 0.6 is 12.4 Å². The summed E-state index contributed by atoms with van der Waals surface area (Å²) in [4.78, 5) is 12.4. The molecule has 2 rings (SSSR count). The Bertz CT molecular complexity index is 438. The second-order valence-corrected chi connectivity index (χ2v) is 5.95. The summed E-state index contributed by atoms with van der Waals surface area (Å²) in [5.74, 6) is 0.160. The molecule has 1 aromatic carbocycles. The van der Waals surface area contributed by atoms with Gasteiger partial charge in [0, 0.05) is 6.54 Å². The Hall–Kier alpha value is -1.06. The van der Waals surface area contributed by atoms with Gasteiger partial charge in [-0.25, -0.2) is 0 Å². The molecule has 0 radical (unpaired) electrons. The van der Waals surface area contributed by atoms with Gasteiger partial charge in [-0.05, 0) is 45.7 Å². The van der Waals surface area contributed by atoms with Crippen molar-refractivity contribution in [2.75, 3.05) is 13.1 Å². The molecule has 2 atom stereocenters. The van der Waals surface area contributed by atoms with Gasteiger partial charge in [0.1, 0.15) is 0 Å². The predicted octanol–water partition coefficient (Wildman–Crippen LogP) is 2.98. The van der Waals surface area contributed by atoms with Crippen LogP contribution in [0.3, 0.4) is 0 Å². The molecule has 2 unspecified atom stereocenters. The summed E-state index contributed by atoms with van der Waals surface area (Å²) in [6.45, 7) is 7.97. The number of halogens is 1. The Balaban J connectivity index is 0.00000200. The van der Waals surface area contributed by atoms with Crippen LogP contribution in [0.25, 0.3) is 0 Å². The summed E-state index contributed by atoms with van der Waals surface area (Å²) in [7, 11) is 0. The van der Waals surface area contributed by atoms with E-state index in [4.69, 9.17) is 0 Å². The molecule has 0 aliphatic carbocycles. The van der Waals surface area contributed by atoms with Crippen molar-refractivity contribution in [3.8, 4) is 0 Å². The van der Waals surface area contributed by atoms with Gasteiger partial charge in [-0.1, -0.05) is 29.8 Å². The number of benzene rings is 1. The first kappa shape index (κ1) is 17.0. The van der Waals surface area contributed by atoms with Crippen LogP contribution in [0.4, 0.5) is 0 Å². The average Bonchev–Trinajstić information content (AvgIpc) is 2.40. The van der Waals surface area contributed by atoms with E-state index in [1.807, 2.05) is 6.92 Å². The van der Waals surface area contributed by atoms with Crippen LogP contribution in [-0.4, -0.2) is 19.0 Å². The topological polar surface area (TPSA) is 41.1 Å². The van der Waals surface area contributed by atoms with E-state index >= 15 is 0 Å². The fourth-order valence-corrected chi connectivity index (χ4v) is 2.56. The van der Waals surface area contributed by atoms with E-state index < -0.39 is 0 Å². The van der Waals surface area contributed by atoms with Gasteiger partial charge in [0.25, 0.3) is 0 Å². The van der Waals surface area contributed by atoms with Crippen molar-refractivity contribution in [2.24, 2.45) is 5.41 Å². The molecule has 0 aromatic heterocycles. The van der Waals surface area contributed by atoms with Crippen molar-refractivity contribution in [1.29, 1.82) is 0 Å². The maximum Gasteiger partial charge on any atom is 0.227 e. The van der Waals surface area contributed by atoms with Crippen LogP contribution in [0.5, 0.6) is 0 Å². The number of aryl methyl sites for hydroxylation is 1. The maximum absolute atomic E-state index is 12.4. The van der Waals surface area contributed by atoms with Crippen LogP contribution in [0.15, 0.2) is 24.3 Å². The van der Waals surface area contributed by atoms with Gasteiger partial charge >= 0.3 is 0 Å². The van der Waals surface area contributed by atoms with Crippen LogP contribution in [0, 0.1) is 12.3 Å². The highest BCUT2D eigenvalue weighted by Gasteiger charge is 2.35. The molecule has 1 aliphatic heterocycles. The zero-order valence-corrected chi connectivity index (χ0v) is 13.3. The monoisotopic (exact) mass is 296 g/mol. The highest BCUT2D eigenvalue weighted by atomic mass is 35.5. The van der Waals surface area contributed by atoms with Crippen molar-refractivity contribution < 1.29 is 4.79 Å². The molecular weight excluding hydrogens is 272 g/mol. The van der Waals surface area contributed by atoms with E-state index in [9.17, 15) is 4.79 Å². The van der Waals surface area contributed by atoms with Crippen LogP contribution in [0.1, 0.15) is 43.9 Å². The van der Waals surface area contributed by atoms with E-state index in [0.717, 1.165) is 31.5 Å². The molecule has 1 aliphatic rings. The summed E-state index contributed by atoms with van der Waals surface area (Å²) in [5, 5.41) is 6.46. The molecular formula is C16H25ClN2O. The molecule has 0 bridgehead atoms. The number of hydrogen-bond donors (Lipinski definition) is 2. The standard InChI is InChI=1S/C16H24N2O.ClH/c1-12-5-7-14(8-6-12)13(2)18-15(19)16(3)9-4-10-17-11-16;/h5-8,13,17H,4,9-11H2,1-3H3,(H,18,19);1H. The molecule has 0 spiro atoms. The largest absolute Gasteiger partial charge is 0.349 e. The third kappa shape index (κ3) is 3.97. The van der Waals surface area contributed by atoms with Gasteiger partial charge in [0.05, 0.1) is 11.5 Å². The lowest BCUT2D eigenvalue weighted by atomic mass is 9.81. The molecule has 1 amide bonds. The number of amides is 1. The van der Waals surface area contributed by atoms with Crippen molar-refractivity contribution in [3.05, 3.63) is 35.4 Å².